The molecule has 0 N–H and O–H groups in total. The van der Waals surface area contributed by atoms with Crippen LogP contribution in [0.2, 0.25) is 0 Å². The minimum absolute atomic E-state index is 0.0542. The third kappa shape index (κ3) is 1.46. The van der Waals surface area contributed by atoms with Crippen molar-refractivity contribution in [2.24, 2.45) is 0 Å². The molecular weight excluding hydrogens is 270 g/mol. The molecule has 5 heteroatoms. The van der Waals surface area contributed by atoms with Gasteiger partial charge in [-0.15, -0.1) is 0 Å². The molecular formula is C11H10BrN3O. The fourth-order valence-electron chi connectivity index (χ4n) is 1.90. The first-order valence-corrected chi connectivity index (χ1v) is 6.02. The summed E-state index contributed by atoms with van der Waals surface area (Å²) in [7, 11) is 0. The fraction of sp³-hybridized carbons (Fsp3) is 0.364. The van der Waals surface area contributed by atoms with Gasteiger partial charge in [0.2, 0.25) is 0 Å². The van der Waals surface area contributed by atoms with Gasteiger partial charge in [0.15, 0.2) is 11.4 Å². The molecule has 2 aromatic rings. The van der Waals surface area contributed by atoms with Gasteiger partial charge in [0, 0.05) is 6.92 Å². The van der Waals surface area contributed by atoms with Crippen molar-refractivity contribution < 1.29 is 4.79 Å². The van der Waals surface area contributed by atoms with E-state index in [2.05, 4.69) is 26.0 Å². The molecule has 0 atom stereocenters. The highest BCUT2D eigenvalue weighted by Gasteiger charge is 2.29. The summed E-state index contributed by atoms with van der Waals surface area (Å²) in [6.07, 6.45) is 2.21. The molecule has 16 heavy (non-hydrogen) atoms. The van der Waals surface area contributed by atoms with Crippen LogP contribution in [0.5, 0.6) is 0 Å². The first-order chi connectivity index (χ1) is 7.66. The average Bonchev–Trinajstić information content (AvgIpc) is 2.99. The Kier molecular flexibility index (Phi) is 2.10. The van der Waals surface area contributed by atoms with E-state index in [-0.39, 0.29) is 5.78 Å². The quantitative estimate of drug-likeness (QED) is 0.627. The number of ketones is 1. The lowest BCUT2D eigenvalue weighted by atomic mass is 10.2. The normalized spacial score (nSPS) is 15.6. The maximum atomic E-state index is 11.7. The summed E-state index contributed by atoms with van der Waals surface area (Å²) in [6.45, 7) is 1.58. The third-order valence-electron chi connectivity index (χ3n) is 2.75. The van der Waals surface area contributed by atoms with Crippen LogP contribution >= 0.6 is 15.9 Å². The Morgan fingerprint density at radius 1 is 1.50 bits per heavy atom. The van der Waals surface area contributed by atoms with Gasteiger partial charge in [0.05, 0.1) is 11.4 Å². The number of aromatic nitrogens is 3. The van der Waals surface area contributed by atoms with Crippen LogP contribution in [-0.2, 0) is 0 Å². The van der Waals surface area contributed by atoms with Gasteiger partial charge in [-0.05, 0) is 40.9 Å². The monoisotopic (exact) mass is 279 g/mol. The number of pyridine rings is 1. The molecule has 0 bridgehead atoms. The van der Waals surface area contributed by atoms with E-state index in [0.29, 0.717) is 17.4 Å². The van der Waals surface area contributed by atoms with E-state index in [1.54, 1.807) is 6.92 Å². The Labute approximate surface area is 101 Å². The lowest BCUT2D eigenvalue weighted by Gasteiger charge is -2.01. The highest BCUT2D eigenvalue weighted by Crippen LogP contribution is 2.37. The number of halogens is 1. The SMILES string of the molecule is CC(=O)c1c2ccc(Br)nc2nn1C1CC1. The topological polar surface area (TPSA) is 47.8 Å². The van der Waals surface area contributed by atoms with Crippen LogP contribution in [0.25, 0.3) is 11.0 Å². The van der Waals surface area contributed by atoms with Gasteiger partial charge in [0.25, 0.3) is 0 Å². The minimum Gasteiger partial charge on any atom is -0.293 e. The molecule has 0 spiro atoms. The van der Waals surface area contributed by atoms with Gasteiger partial charge in [0.1, 0.15) is 10.3 Å². The number of nitrogens with zero attached hydrogens (tertiary/aromatic N) is 3. The Hall–Kier alpha value is -1.23. The third-order valence-corrected chi connectivity index (χ3v) is 3.20. The molecule has 1 saturated carbocycles. The van der Waals surface area contributed by atoms with E-state index in [4.69, 9.17) is 0 Å². The van der Waals surface area contributed by atoms with Crippen LogP contribution in [0.3, 0.4) is 0 Å². The standard InChI is InChI=1S/C11H10BrN3O/c1-6(16)10-8-4-5-9(12)13-11(8)14-15(10)7-2-3-7/h4-5,7H,2-3H2,1H3. The van der Waals surface area contributed by atoms with Crippen LogP contribution < -0.4 is 0 Å². The largest absolute Gasteiger partial charge is 0.293 e. The lowest BCUT2D eigenvalue weighted by molar-refractivity contribution is 0.100. The molecule has 0 unspecified atom stereocenters. The van der Waals surface area contributed by atoms with E-state index >= 15 is 0 Å². The molecule has 2 aromatic heterocycles. The van der Waals surface area contributed by atoms with Gasteiger partial charge in [-0.25, -0.2) is 4.98 Å². The molecule has 3 rings (SSSR count). The summed E-state index contributed by atoms with van der Waals surface area (Å²) in [5.41, 5.74) is 1.34. The van der Waals surface area contributed by atoms with Crippen LogP contribution in [0.4, 0.5) is 0 Å². The second-order valence-corrected chi connectivity index (χ2v) is 4.90. The van der Waals surface area contributed by atoms with Crippen molar-refractivity contribution in [2.45, 2.75) is 25.8 Å². The number of carbonyl (C=O) groups excluding carboxylic acids is 1. The van der Waals surface area contributed by atoms with Gasteiger partial charge >= 0.3 is 0 Å². The van der Waals surface area contributed by atoms with E-state index in [1.807, 2.05) is 16.8 Å². The predicted molar refractivity (Wildman–Crippen MR) is 63.5 cm³/mol. The van der Waals surface area contributed by atoms with E-state index in [1.165, 1.54) is 0 Å². The summed E-state index contributed by atoms with van der Waals surface area (Å²) in [6, 6.07) is 4.13. The molecule has 0 aromatic carbocycles. The van der Waals surface area contributed by atoms with Gasteiger partial charge in [-0.1, -0.05) is 0 Å². The van der Waals surface area contributed by atoms with Crippen LogP contribution in [0.15, 0.2) is 16.7 Å². The summed E-state index contributed by atoms with van der Waals surface area (Å²) < 4.78 is 2.59. The highest BCUT2D eigenvalue weighted by atomic mass is 79.9. The minimum atomic E-state index is 0.0542. The van der Waals surface area contributed by atoms with Crippen molar-refractivity contribution in [3.8, 4) is 0 Å². The predicted octanol–water partition coefficient (Wildman–Crippen LogP) is 2.73. The average molecular weight is 280 g/mol. The van der Waals surface area contributed by atoms with E-state index < -0.39 is 0 Å². The second-order valence-electron chi connectivity index (χ2n) is 4.09. The second kappa shape index (κ2) is 3.38. The number of carbonyl (C=O) groups is 1. The molecule has 0 saturated heterocycles. The number of fused-ring (bicyclic) bond motifs is 1. The molecule has 4 nitrogen and oxygen atoms in total. The first kappa shape index (κ1) is 9.96. The van der Waals surface area contributed by atoms with Crippen molar-refractivity contribution in [3.05, 3.63) is 22.4 Å². The summed E-state index contributed by atoms with van der Waals surface area (Å²) in [5, 5.41) is 5.26. The maximum absolute atomic E-state index is 11.7. The first-order valence-electron chi connectivity index (χ1n) is 5.22. The molecule has 0 amide bonds. The van der Waals surface area contributed by atoms with Crippen molar-refractivity contribution in [1.29, 1.82) is 0 Å². The Balaban J connectivity index is 2.32. The van der Waals surface area contributed by atoms with E-state index in [0.717, 1.165) is 22.8 Å². The lowest BCUT2D eigenvalue weighted by Crippen LogP contribution is -2.06. The summed E-state index contributed by atoms with van der Waals surface area (Å²) >= 11 is 3.31. The smallest absolute Gasteiger partial charge is 0.182 e. The zero-order valence-corrected chi connectivity index (χ0v) is 10.4. The molecule has 1 aliphatic rings. The number of hydrogen-bond acceptors (Lipinski definition) is 3. The Morgan fingerprint density at radius 2 is 2.25 bits per heavy atom. The molecule has 0 aliphatic heterocycles. The van der Waals surface area contributed by atoms with Crippen LogP contribution in [-0.4, -0.2) is 20.5 Å². The van der Waals surface area contributed by atoms with Crippen molar-refractivity contribution in [3.63, 3.8) is 0 Å². The van der Waals surface area contributed by atoms with Crippen LogP contribution in [0, 0.1) is 0 Å². The fourth-order valence-corrected chi connectivity index (χ4v) is 2.20. The zero-order chi connectivity index (χ0) is 11.3. The van der Waals surface area contributed by atoms with Gasteiger partial charge in [-0.3, -0.25) is 9.48 Å². The molecule has 0 radical (unpaired) electrons. The Bertz CT molecular complexity index is 586. The highest BCUT2D eigenvalue weighted by molar-refractivity contribution is 9.10. The summed E-state index contributed by atoms with van der Waals surface area (Å²) in [5.74, 6) is 0.0542. The Morgan fingerprint density at radius 3 is 2.88 bits per heavy atom. The van der Waals surface area contributed by atoms with Crippen LogP contribution in [0.1, 0.15) is 36.3 Å². The molecule has 2 heterocycles. The van der Waals surface area contributed by atoms with Gasteiger partial charge < -0.3 is 0 Å². The number of hydrogen-bond donors (Lipinski definition) is 0. The number of rotatable bonds is 2. The van der Waals surface area contributed by atoms with Gasteiger partial charge in [-0.2, -0.15) is 5.10 Å². The summed E-state index contributed by atoms with van der Waals surface area (Å²) in [4.78, 5) is 15.9. The molecule has 1 aliphatic carbocycles. The van der Waals surface area contributed by atoms with E-state index in [9.17, 15) is 4.79 Å². The molecule has 1 fully saturated rings. The maximum Gasteiger partial charge on any atom is 0.182 e. The van der Waals surface area contributed by atoms with Crippen molar-refractivity contribution >= 4 is 32.7 Å². The zero-order valence-electron chi connectivity index (χ0n) is 8.77. The van der Waals surface area contributed by atoms with Crippen molar-refractivity contribution in [2.75, 3.05) is 0 Å². The van der Waals surface area contributed by atoms with Crippen molar-refractivity contribution in [1.82, 2.24) is 14.8 Å². The number of Topliss-reactive ketones (excluding diaryl/α,β-unsaturated/α-hetero) is 1. The molecule has 82 valence electrons.